The van der Waals surface area contributed by atoms with Gasteiger partial charge in [-0.1, -0.05) is 85.6 Å². The van der Waals surface area contributed by atoms with Gasteiger partial charge in [-0.05, 0) is 42.2 Å². The van der Waals surface area contributed by atoms with E-state index in [0.717, 1.165) is 22.7 Å². The number of nitrogens with zero attached hydrogens (tertiary/aromatic N) is 2. The van der Waals surface area contributed by atoms with Gasteiger partial charge in [0.15, 0.2) is 0 Å². The Morgan fingerprint density at radius 2 is 1.63 bits per heavy atom. The lowest BCUT2D eigenvalue weighted by Crippen LogP contribution is -2.50. The monoisotopic (exact) mass is 595 g/mol. The van der Waals surface area contributed by atoms with E-state index in [9.17, 15) is 22.8 Å². The number of unbranched alkanes of at least 4 members (excludes halogenated alkanes) is 1. The number of carbonyl (C=O) groups is 3. The SMILES string of the molecule is CCCCNC(=O)[C@@H](Cc1ccccc1)N(Cc1ccccc1Cl)C(=O)CCCN1C(=O)c2ccccc2S1(=O)=O. The molecule has 0 unspecified atom stereocenters. The van der Waals surface area contributed by atoms with Crippen LogP contribution in [0.15, 0.2) is 83.8 Å². The van der Waals surface area contributed by atoms with Gasteiger partial charge < -0.3 is 10.2 Å². The summed E-state index contributed by atoms with van der Waals surface area (Å²) in [7, 11) is -3.97. The maximum atomic E-state index is 13.8. The molecule has 0 saturated carbocycles. The summed E-state index contributed by atoms with van der Waals surface area (Å²) < 4.78 is 26.7. The second-order valence-electron chi connectivity index (χ2n) is 9.95. The molecule has 0 aromatic heterocycles. The highest BCUT2D eigenvalue weighted by Crippen LogP contribution is 2.30. The van der Waals surface area contributed by atoms with E-state index < -0.39 is 22.0 Å². The van der Waals surface area contributed by atoms with Crippen LogP contribution in [0.1, 0.15) is 54.1 Å². The maximum absolute atomic E-state index is 13.8. The van der Waals surface area contributed by atoms with Crippen molar-refractivity contribution in [3.8, 4) is 0 Å². The zero-order chi connectivity index (χ0) is 29.4. The number of nitrogens with one attached hydrogen (secondary N) is 1. The number of carbonyl (C=O) groups excluding carboxylic acids is 3. The fraction of sp³-hybridized carbons (Fsp3) is 0.323. The summed E-state index contributed by atoms with van der Waals surface area (Å²) in [6.45, 7) is 2.48. The number of fused-ring (bicyclic) bond motifs is 1. The molecule has 0 saturated heterocycles. The van der Waals surface area contributed by atoms with Crippen molar-refractivity contribution in [3.63, 3.8) is 0 Å². The molecule has 4 rings (SSSR count). The van der Waals surface area contributed by atoms with Crippen LogP contribution in [0.25, 0.3) is 0 Å². The van der Waals surface area contributed by atoms with Crippen LogP contribution in [0.5, 0.6) is 0 Å². The van der Waals surface area contributed by atoms with Gasteiger partial charge in [0.05, 0.1) is 5.56 Å². The van der Waals surface area contributed by atoms with E-state index in [1.54, 1.807) is 24.3 Å². The molecule has 0 aliphatic carbocycles. The van der Waals surface area contributed by atoms with Crippen LogP contribution in [-0.2, 0) is 32.6 Å². The molecule has 1 atom stereocenters. The zero-order valence-corrected chi connectivity index (χ0v) is 24.5. The van der Waals surface area contributed by atoms with Gasteiger partial charge >= 0.3 is 0 Å². The van der Waals surface area contributed by atoms with Crippen LogP contribution in [0.2, 0.25) is 5.02 Å². The van der Waals surface area contributed by atoms with Crippen molar-refractivity contribution >= 4 is 39.3 Å². The van der Waals surface area contributed by atoms with Crippen LogP contribution in [0, 0.1) is 0 Å². The molecule has 0 spiro atoms. The van der Waals surface area contributed by atoms with Crippen LogP contribution in [0.3, 0.4) is 0 Å². The van der Waals surface area contributed by atoms with E-state index in [0.29, 0.717) is 23.6 Å². The Morgan fingerprint density at radius 3 is 2.34 bits per heavy atom. The first-order chi connectivity index (χ1) is 19.7. The van der Waals surface area contributed by atoms with E-state index in [1.807, 2.05) is 49.4 Å². The van der Waals surface area contributed by atoms with Crippen LogP contribution >= 0.6 is 11.6 Å². The standard InChI is InChI=1S/C31H34ClN3O5S/c1-2-3-19-33-30(37)27(21-23-12-5-4-6-13-23)34(22-24-14-7-9-16-26(24)32)29(36)18-11-20-35-31(38)25-15-8-10-17-28(25)41(35,39)40/h4-10,12-17,27H,2-3,11,18-22H2,1H3,(H,33,37)/t27-/m1/s1. The molecule has 8 nitrogen and oxygen atoms in total. The summed E-state index contributed by atoms with van der Waals surface area (Å²) in [6.07, 6.45) is 2.06. The van der Waals surface area contributed by atoms with Crippen molar-refractivity contribution in [3.05, 3.63) is 101 Å². The topological polar surface area (TPSA) is 104 Å². The van der Waals surface area contributed by atoms with Gasteiger partial charge in [-0.25, -0.2) is 12.7 Å². The highest BCUT2D eigenvalue weighted by atomic mass is 35.5. The smallest absolute Gasteiger partial charge is 0.269 e. The molecular formula is C31H34ClN3O5S. The summed E-state index contributed by atoms with van der Waals surface area (Å²) in [4.78, 5) is 41.6. The minimum absolute atomic E-state index is 0.0247. The Kier molecular flexibility index (Phi) is 10.2. The van der Waals surface area contributed by atoms with E-state index >= 15 is 0 Å². The molecule has 0 fully saturated rings. The molecule has 1 aliphatic rings. The molecule has 0 radical (unpaired) electrons. The first-order valence-electron chi connectivity index (χ1n) is 13.7. The van der Waals surface area contributed by atoms with Gasteiger partial charge in [0, 0.05) is 37.5 Å². The summed E-state index contributed by atoms with van der Waals surface area (Å²) in [5.74, 6) is -1.20. The Morgan fingerprint density at radius 1 is 0.951 bits per heavy atom. The molecule has 41 heavy (non-hydrogen) atoms. The summed E-state index contributed by atoms with van der Waals surface area (Å²) in [6, 6.07) is 21.9. The Bertz CT molecular complexity index is 1500. The minimum Gasteiger partial charge on any atom is -0.354 e. The number of hydrogen-bond donors (Lipinski definition) is 1. The van der Waals surface area contributed by atoms with E-state index in [4.69, 9.17) is 11.6 Å². The number of amides is 3. The minimum atomic E-state index is -3.97. The Hall–Kier alpha value is -3.69. The molecule has 216 valence electrons. The summed E-state index contributed by atoms with van der Waals surface area (Å²) >= 11 is 6.45. The van der Waals surface area contributed by atoms with Crippen LogP contribution < -0.4 is 5.32 Å². The van der Waals surface area contributed by atoms with Gasteiger partial charge in [-0.15, -0.1) is 0 Å². The lowest BCUT2D eigenvalue weighted by atomic mass is 10.0. The molecule has 1 aliphatic heterocycles. The highest BCUT2D eigenvalue weighted by Gasteiger charge is 2.40. The first kappa shape index (κ1) is 30.3. The lowest BCUT2D eigenvalue weighted by Gasteiger charge is -2.32. The van der Waals surface area contributed by atoms with Gasteiger partial charge in [0.25, 0.3) is 15.9 Å². The normalized spacial score (nSPS) is 14.4. The predicted molar refractivity (Wildman–Crippen MR) is 158 cm³/mol. The fourth-order valence-electron chi connectivity index (χ4n) is 4.84. The molecule has 3 amide bonds. The van der Waals surface area contributed by atoms with Crippen molar-refractivity contribution in [2.75, 3.05) is 13.1 Å². The predicted octanol–water partition coefficient (Wildman–Crippen LogP) is 4.82. The zero-order valence-electron chi connectivity index (χ0n) is 23.0. The quantitative estimate of drug-likeness (QED) is 0.285. The summed E-state index contributed by atoms with van der Waals surface area (Å²) in [5, 5.41) is 3.44. The van der Waals surface area contributed by atoms with E-state index in [2.05, 4.69) is 5.32 Å². The van der Waals surface area contributed by atoms with Crippen molar-refractivity contribution in [2.45, 2.75) is 56.5 Å². The molecule has 10 heteroatoms. The van der Waals surface area contributed by atoms with E-state index in [1.165, 1.54) is 17.0 Å². The van der Waals surface area contributed by atoms with Gasteiger partial charge in [-0.3, -0.25) is 14.4 Å². The number of halogens is 1. The molecule has 1 N–H and O–H groups in total. The van der Waals surface area contributed by atoms with Gasteiger partial charge in [0.2, 0.25) is 11.8 Å². The van der Waals surface area contributed by atoms with Crippen molar-refractivity contribution in [1.82, 2.24) is 14.5 Å². The second-order valence-corrected chi connectivity index (χ2v) is 12.2. The Balaban J connectivity index is 1.56. The third kappa shape index (κ3) is 7.15. The average Bonchev–Trinajstić information content (AvgIpc) is 3.16. The molecule has 3 aromatic rings. The molecule has 1 heterocycles. The third-order valence-electron chi connectivity index (χ3n) is 7.06. The number of hydrogen-bond acceptors (Lipinski definition) is 5. The fourth-order valence-corrected chi connectivity index (χ4v) is 6.64. The largest absolute Gasteiger partial charge is 0.354 e. The van der Waals surface area contributed by atoms with Crippen molar-refractivity contribution in [1.29, 1.82) is 0 Å². The average molecular weight is 596 g/mol. The number of rotatable bonds is 13. The van der Waals surface area contributed by atoms with Crippen molar-refractivity contribution < 1.29 is 22.8 Å². The molecular weight excluding hydrogens is 562 g/mol. The van der Waals surface area contributed by atoms with Gasteiger partial charge in [-0.2, -0.15) is 0 Å². The van der Waals surface area contributed by atoms with Crippen LogP contribution in [-0.4, -0.2) is 54.5 Å². The lowest BCUT2D eigenvalue weighted by molar-refractivity contribution is -0.141. The van der Waals surface area contributed by atoms with E-state index in [-0.39, 0.29) is 48.2 Å². The van der Waals surface area contributed by atoms with Crippen LogP contribution in [0.4, 0.5) is 0 Å². The third-order valence-corrected chi connectivity index (χ3v) is 9.27. The van der Waals surface area contributed by atoms with Gasteiger partial charge in [0.1, 0.15) is 10.9 Å². The Labute approximate surface area is 246 Å². The number of benzene rings is 3. The second kappa shape index (κ2) is 13.8. The molecule has 0 bridgehead atoms. The number of sulfonamides is 1. The summed E-state index contributed by atoms with van der Waals surface area (Å²) in [5.41, 5.74) is 1.71. The first-order valence-corrected chi connectivity index (χ1v) is 15.6. The van der Waals surface area contributed by atoms with Crippen molar-refractivity contribution in [2.24, 2.45) is 0 Å². The molecule has 3 aromatic carbocycles. The highest BCUT2D eigenvalue weighted by molar-refractivity contribution is 7.90. The maximum Gasteiger partial charge on any atom is 0.269 e.